The maximum absolute atomic E-state index is 14.6. The van der Waals surface area contributed by atoms with Crippen LogP contribution in [0.3, 0.4) is 0 Å². The molecule has 3 N–H and O–H groups in total. The van der Waals surface area contributed by atoms with E-state index in [-0.39, 0.29) is 17.9 Å². The van der Waals surface area contributed by atoms with Crippen molar-refractivity contribution >= 4 is 23.4 Å². The number of nitrogens with zero attached hydrogens (tertiary/aromatic N) is 3. The lowest BCUT2D eigenvalue weighted by atomic mass is 10.0. The largest absolute Gasteiger partial charge is 0.485 e. The number of nitrogens with two attached hydrogens (primary N) is 1. The Morgan fingerprint density at radius 2 is 2.17 bits per heavy atom. The summed E-state index contributed by atoms with van der Waals surface area (Å²) in [4.78, 5) is 25.0. The van der Waals surface area contributed by atoms with Gasteiger partial charge in [0.2, 0.25) is 5.60 Å². The molecule has 0 saturated carbocycles. The highest BCUT2D eigenvalue weighted by atomic mass is 35.5. The van der Waals surface area contributed by atoms with Crippen LogP contribution in [0.15, 0.2) is 18.2 Å². The Balaban J connectivity index is 1.83. The van der Waals surface area contributed by atoms with E-state index in [1.54, 1.807) is 7.05 Å². The lowest BCUT2D eigenvalue weighted by Crippen LogP contribution is -2.37. The number of hydrogen-bond donors (Lipinski definition) is 2. The number of benzene rings is 1. The van der Waals surface area contributed by atoms with Crippen molar-refractivity contribution in [2.75, 3.05) is 20.2 Å². The van der Waals surface area contributed by atoms with E-state index >= 15 is 0 Å². The molecule has 30 heavy (non-hydrogen) atoms. The zero-order valence-corrected chi connectivity index (χ0v) is 16.3. The van der Waals surface area contributed by atoms with E-state index in [1.165, 1.54) is 23.1 Å². The highest BCUT2D eigenvalue weighted by Crippen LogP contribution is 2.41. The van der Waals surface area contributed by atoms with Gasteiger partial charge in [0, 0.05) is 25.6 Å². The van der Waals surface area contributed by atoms with Crippen LogP contribution in [0, 0.1) is 11.8 Å². The van der Waals surface area contributed by atoms with Crippen LogP contribution < -0.4 is 10.5 Å². The number of amides is 2. The number of halogens is 3. The molecule has 0 radical (unpaired) electrons. The number of likely N-dealkylation sites (N-methyl/N-ethyl adjacent to an activating group) is 1. The van der Waals surface area contributed by atoms with Gasteiger partial charge in [-0.3, -0.25) is 9.59 Å². The van der Waals surface area contributed by atoms with E-state index in [0.717, 1.165) is 4.68 Å². The zero-order chi connectivity index (χ0) is 21.8. The summed E-state index contributed by atoms with van der Waals surface area (Å²) in [6.07, 6.45) is 0.149. The first kappa shape index (κ1) is 20.1. The van der Waals surface area contributed by atoms with Gasteiger partial charge < -0.3 is 20.5 Å². The Hall–Kier alpha value is -3.16. The highest BCUT2D eigenvalue weighted by Gasteiger charge is 2.44. The van der Waals surface area contributed by atoms with Gasteiger partial charge in [0.15, 0.2) is 12.3 Å². The normalized spacial score (nSPS) is 21.8. The maximum atomic E-state index is 14.6. The van der Waals surface area contributed by atoms with Gasteiger partial charge in [0.05, 0.1) is 0 Å². The fourth-order valence-electron chi connectivity index (χ4n) is 3.31. The number of aromatic nitrogens is 2. The Labute approximate surface area is 174 Å². The lowest BCUT2D eigenvalue weighted by Gasteiger charge is -2.13. The number of likely N-dealkylation sites (tertiary alicyclic amines) is 1. The molecule has 1 atom stereocenters. The molecule has 1 fully saturated rings. The fourth-order valence-corrected chi connectivity index (χ4v) is 3.66. The van der Waals surface area contributed by atoms with Crippen molar-refractivity contribution in [1.29, 1.82) is 0 Å². The first-order chi connectivity index (χ1) is 14.0. The molecule has 2 amide bonds. The Morgan fingerprint density at radius 1 is 1.43 bits per heavy atom. The molecule has 2 aliphatic heterocycles. The fraction of sp³-hybridized carbons (Fsp3) is 0.316. The van der Waals surface area contributed by atoms with Crippen molar-refractivity contribution in [3.8, 4) is 23.3 Å². The second kappa shape index (κ2) is 6.68. The van der Waals surface area contributed by atoms with E-state index in [4.69, 9.17) is 22.1 Å². The number of carbonyl (C=O) groups excluding carboxylic acids is 2. The molecule has 0 aliphatic carbocycles. The number of primary amides is 1. The molecule has 2 aliphatic rings. The first-order valence-corrected chi connectivity index (χ1v) is 9.16. The van der Waals surface area contributed by atoms with Crippen LogP contribution in [-0.4, -0.2) is 57.4 Å². The molecule has 0 bridgehead atoms. The Morgan fingerprint density at radius 3 is 2.80 bits per heavy atom. The van der Waals surface area contributed by atoms with Crippen LogP contribution in [-0.2, 0) is 10.7 Å². The number of carbonyl (C=O) groups is 2. The van der Waals surface area contributed by atoms with Crippen molar-refractivity contribution in [3.63, 3.8) is 0 Å². The minimum absolute atomic E-state index is 0.0598. The van der Waals surface area contributed by atoms with Crippen LogP contribution in [0.5, 0.6) is 5.75 Å². The number of ether oxygens (including phenoxy) is 1. The number of fused-ring (bicyclic) bond motifs is 3. The molecule has 1 unspecified atom stereocenters. The maximum Gasteiger partial charge on any atom is 0.324 e. The predicted molar refractivity (Wildman–Crippen MR) is 101 cm³/mol. The third kappa shape index (κ3) is 3.07. The van der Waals surface area contributed by atoms with E-state index in [2.05, 4.69) is 16.9 Å². The molecular weight excluding hydrogens is 422 g/mol. The lowest BCUT2D eigenvalue weighted by molar-refractivity contribution is -0.137. The zero-order valence-electron chi connectivity index (χ0n) is 15.6. The summed E-state index contributed by atoms with van der Waals surface area (Å²) in [7, 11) is 1.56. The van der Waals surface area contributed by atoms with Crippen molar-refractivity contribution < 1.29 is 28.2 Å². The summed E-state index contributed by atoms with van der Waals surface area (Å²) in [5, 5.41) is 13.7. The molecule has 0 spiro atoms. The van der Waals surface area contributed by atoms with Gasteiger partial charge in [-0.05, 0) is 18.2 Å². The summed E-state index contributed by atoms with van der Waals surface area (Å²) in [6, 6.07) is 4.27. The summed E-state index contributed by atoms with van der Waals surface area (Å²) in [5.74, 6) is 0.184. The minimum Gasteiger partial charge on any atom is -0.485 e. The highest BCUT2D eigenvalue weighted by molar-refractivity contribution is 6.34. The topological polar surface area (TPSA) is 111 Å². The van der Waals surface area contributed by atoms with Gasteiger partial charge in [-0.1, -0.05) is 23.4 Å². The smallest absolute Gasteiger partial charge is 0.324 e. The molecule has 1 aromatic carbocycles. The minimum atomic E-state index is -3.54. The van der Waals surface area contributed by atoms with Gasteiger partial charge in [0.25, 0.3) is 11.8 Å². The first-order valence-electron chi connectivity index (χ1n) is 8.78. The quantitative estimate of drug-likeness (QED) is 0.649. The molecule has 3 heterocycles. The van der Waals surface area contributed by atoms with E-state index in [0.29, 0.717) is 12.1 Å². The standard InChI is InChI=1S/C19H15ClF2N4O4/c1-25-7-6-18(29,17(25)28)5-4-10-2-3-12-11(8-10)26-15(19(21,22)9-30-12)13(20)14(24-26)16(23)27/h2-3,8,29H,6-7,9H2,1H3,(H2,23,27). The summed E-state index contributed by atoms with van der Waals surface area (Å²) in [6.45, 7) is -0.655. The van der Waals surface area contributed by atoms with Crippen molar-refractivity contribution in [2.45, 2.75) is 17.9 Å². The third-order valence-corrected chi connectivity index (χ3v) is 5.28. The van der Waals surface area contributed by atoms with Gasteiger partial charge in [0.1, 0.15) is 22.2 Å². The van der Waals surface area contributed by atoms with Crippen LogP contribution in [0.1, 0.15) is 28.2 Å². The number of rotatable bonds is 1. The average Bonchev–Trinajstić information content (AvgIpc) is 3.14. The predicted octanol–water partition coefficient (Wildman–Crippen LogP) is 1.05. The van der Waals surface area contributed by atoms with Gasteiger partial charge in [-0.15, -0.1) is 0 Å². The number of aliphatic hydroxyl groups is 1. The van der Waals surface area contributed by atoms with Crippen LogP contribution in [0.2, 0.25) is 5.02 Å². The van der Waals surface area contributed by atoms with Crippen molar-refractivity contribution in [1.82, 2.24) is 14.7 Å². The van der Waals surface area contributed by atoms with Crippen LogP contribution >= 0.6 is 11.6 Å². The SMILES string of the molecule is CN1CCC(O)(C#Cc2ccc3c(c2)-n2nc(C(N)=O)c(Cl)c2C(F)(F)CO3)C1=O. The van der Waals surface area contributed by atoms with E-state index in [9.17, 15) is 23.5 Å². The van der Waals surface area contributed by atoms with Gasteiger partial charge in [-0.2, -0.15) is 13.9 Å². The molecular formula is C19H15ClF2N4O4. The van der Waals surface area contributed by atoms with Gasteiger partial charge in [-0.25, -0.2) is 4.68 Å². The molecule has 8 nitrogen and oxygen atoms in total. The molecule has 4 rings (SSSR count). The van der Waals surface area contributed by atoms with Crippen LogP contribution in [0.4, 0.5) is 8.78 Å². The summed E-state index contributed by atoms with van der Waals surface area (Å²) < 4.78 is 35.2. The summed E-state index contributed by atoms with van der Waals surface area (Å²) in [5.41, 5.74) is 2.52. The molecule has 2 aromatic rings. The van der Waals surface area contributed by atoms with Crippen LogP contribution in [0.25, 0.3) is 5.69 Å². The second-order valence-corrected chi connectivity index (χ2v) is 7.43. The second-order valence-electron chi connectivity index (χ2n) is 7.05. The molecule has 1 aromatic heterocycles. The number of alkyl halides is 2. The van der Waals surface area contributed by atoms with Gasteiger partial charge >= 0.3 is 5.92 Å². The molecule has 156 valence electrons. The molecule has 11 heteroatoms. The summed E-state index contributed by atoms with van der Waals surface area (Å²) >= 11 is 5.97. The molecule has 1 saturated heterocycles. The van der Waals surface area contributed by atoms with E-state index < -0.39 is 46.4 Å². The van der Waals surface area contributed by atoms with Crippen molar-refractivity contribution in [3.05, 3.63) is 40.2 Å². The Bertz CT molecular complexity index is 1150. The van der Waals surface area contributed by atoms with Crippen molar-refractivity contribution in [2.24, 2.45) is 5.73 Å². The monoisotopic (exact) mass is 436 g/mol. The average molecular weight is 437 g/mol. The third-order valence-electron chi connectivity index (χ3n) is 4.93. The number of hydrogen-bond acceptors (Lipinski definition) is 5. The van der Waals surface area contributed by atoms with E-state index in [1.807, 2.05) is 0 Å². The Kier molecular flexibility index (Phi) is 4.48.